The molecule has 0 aliphatic heterocycles. The van der Waals surface area contributed by atoms with Crippen molar-refractivity contribution in [2.24, 2.45) is 0 Å². The molecule has 2 saturated carbocycles. The maximum atomic E-state index is 14.7. The molecule has 5 aromatic heterocycles. The van der Waals surface area contributed by atoms with Gasteiger partial charge in [-0.2, -0.15) is 11.3 Å². The van der Waals surface area contributed by atoms with Crippen LogP contribution < -0.4 is 9.80 Å². The highest BCUT2D eigenvalue weighted by molar-refractivity contribution is 7.19. The predicted octanol–water partition coefficient (Wildman–Crippen LogP) is 10.7. The summed E-state index contributed by atoms with van der Waals surface area (Å²) in [6.07, 6.45) is 6.72. The van der Waals surface area contributed by atoms with E-state index in [2.05, 4.69) is 35.2 Å². The molecule has 60 heavy (non-hydrogen) atoms. The van der Waals surface area contributed by atoms with E-state index in [1.165, 1.54) is 33.3 Å². The summed E-state index contributed by atoms with van der Waals surface area (Å²) in [7, 11) is 0. The van der Waals surface area contributed by atoms with Crippen molar-refractivity contribution in [3.8, 4) is 10.6 Å². The number of aromatic nitrogens is 6. The summed E-state index contributed by atoms with van der Waals surface area (Å²) >= 11 is 7.15. The molecule has 0 radical (unpaired) electrons. The van der Waals surface area contributed by atoms with E-state index in [0.29, 0.717) is 46.6 Å². The number of anilines is 2. The Morgan fingerprint density at radius 2 is 1.22 bits per heavy atom. The minimum atomic E-state index is -0.709. The first-order chi connectivity index (χ1) is 28.4. The van der Waals surface area contributed by atoms with E-state index in [1.807, 2.05) is 6.07 Å². The Hall–Kier alpha value is -5.66. The molecule has 5 aromatic rings. The van der Waals surface area contributed by atoms with Crippen LogP contribution in [0.4, 0.5) is 35.0 Å². The molecule has 0 saturated heterocycles. The van der Waals surface area contributed by atoms with Gasteiger partial charge in [-0.3, -0.25) is 19.8 Å². The first-order valence-electron chi connectivity index (χ1n) is 19.4. The number of nitrogens with zero attached hydrogens (tertiary/aromatic N) is 9. The highest BCUT2D eigenvalue weighted by atomic mass is 35.5. The highest BCUT2D eigenvalue weighted by Gasteiger charge is 2.47. The lowest BCUT2D eigenvalue weighted by Crippen LogP contribution is -2.50. The molecule has 0 N–H and O–H groups in total. The van der Waals surface area contributed by atoms with Crippen LogP contribution in [0.25, 0.3) is 15.4 Å². The van der Waals surface area contributed by atoms with E-state index >= 15 is 0 Å². The smallest absolute Gasteiger partial charge is 0.416 e. The Morgan fingerprint density at radius 3 is 1.57 bits per heavy atom. The quantitative estimate of drug-likeness (QED) is 0.132. The molecule has 0 bridgehead atoms. The maximum Gasteiger partial charge on any atom is 0.416 e. The lowest BCUT2D eigenvalue weighted by molar-refractivity contribution is 0.0547. The minimum Gasteiger partial charge on any atom is -0.443 e. The molecule has 0 atom stereocenters. The number of hydrogen-bond donors (Lipinski definition) is 0. The molecule has 2 fully saturated rings. The first-order valence-corrected chi connectivity index (χ1v) is 20.6. The molecular formula is C43H46ClF2N9O4S. The number of rotatable bonds is 9. The van der Waals surface area contributed by atoms with Gasteiger partial charge in [-0.1, -0.05) is 30.5 Å². The van der Waals surface area contributed by atoms with Crippen LogP contribution in [0.2, 0.25) is 5.15 Å². The maximum absolute atomic E-state index is 14.7. The summed E-state index contributed by atoms with van der Waals surface area (Å²) in [6.45, 7) is 18.3. The largest absolute Gasteiger partial charge is 0.443 e. The Labute approximate surface area is 357 Å². The minimum absolute atomic E-state index is 0.185. The fourth-order valence-electron chi connectivity index (χ4n) is 7.00. The summed E-state index contributed by atoms with van der Waals surface area (Å²) in [5, 5.41) is 17.2. The number of ether oxygens (including phenoxy) is 2. The van der Waals surface area contributed by atoms with Crippen molar-refractivity contribution in [3.63, 3.8) is 0 Å². The van der Waals surface area contributed by atoms with Gasteiger partial charge in [-0.25, -0.2) is 23.2 Å². The predicted molar refractivity (Wildman–Crippen MR) is 225 cm³/mol. The lowest BCUT2D eigenvalue weighted by Gasteiger charge is -2.44. The van der Waals surface area contributed by atoms with Gasteiger partial charge in [0.15, 0.2) is 16.8 Å². The van der Waals surface area contributed by atoms with E-state index in [0.717, 1.165) is 30.6 Å². The first kappa shape index (κ1) is 43.9. The van der Waals surface area contributed by atoms with Crippen LogP contribution in [0.1, 0.15) is 91.5 Å². The second kappa shape index (κ2) is 17.9. The fourth-order valence-corrected chi connectivity index (χ4v) is 7.85. The molecular weight excluding hydrogens is 812 g/mol. The Kier molecular flexibility index (Phi) is 13.1. The van der Waals surface area contributed by atoms with Crippen LogP contribution in [-0.4, -0.2) is 66.8 Å². The molecule has 2 amide bonds. The molecule has 7 rings (SSSR count). The molecule has 17 heteroatoms. The number of amides is 2. The number of carbonyl (C=O) groups excluding carboxylic acids is 2. The SMILES string of the molecule is CC(C)(C)OC(=O)N(CC1(c2ncccc2F)CCC1)c1ccc(Cl)nn1.[C-]#[N+]c1ccc(-c2ccc(N(CC3(c4ncccc4F)CCC3)C(=O)OC(C)(C)C)nn2)s1. The van der Waals surface area contributed by atoms with Crippen LogP contribution in [0.15, 0.2) is 73.1 Å². The second-order valence-electron chi connectivity index (χ2n) is 16.8. The van der Waals surface area contributed by atoms with Crippen molar-refractivity contribution >= 4 is 51.8 Å². The van der Waals surface area contributed by atoms with Gasteiger partial charge in [0.25, 0.3) is 0 Å². The van der Waals surface area contributed by atoms with Gasteiger partial charge in [0.05, 0.1) is 18.0 Å². The zero-order valence-corrected chi connectivity index (χ0v) is 35.9. The molecule has 314 valence electrons. The van der Waals surface area contributed by atoms with Gasteiger partial charge in [-0.05, 0) is 122 Å². The summed E-state index contributed by atoms with van der Waals surface area (Å²) in [5.74, 6) is -0.131. The van der Waals surface area contributed by atoms with Crippen molar-refractivity contribution < 1.29 is 27.8 Å². The average Bonchev–Trinajstić information content (AvgIpc) is 3.65. The molecule has 2 aliphatic carbocycles. The summed E-state index contributed by atoms with van der Waals surface area (Å²) in [6, 6.07) is 16.1. The molecule has 13 nitrogen and oxygen atoms in total. The van der Waals surface area contributed by atoms with E-state index in [-0.39, 0.29) is 29.9 Å². The number of halogens is 3. The third-order valence-corrected chi connectivity index (χ3v) is 11.3. The third kappa shape index (κ3) is 10.4. The van der Waals surface area contributed by atoms with E-state index in [4.69, 9.17) is 27.6 Å². The number of pyridine rings is 2. The zero-order valence-electron chi connectivity index (χ0n) is 34.3. The van der Waals surface area contributed by atoms with Crippen LogP contribution in [0, 0.1) is 18.2 Å². The molecule has 0 unspecified atom stereocenters. The number of thiophene rings is 1. The van der Waals surface area contributed by atoms with Crippen LogP contribution in [-0.2, 0) is 20.3 Å². The molecule has 2 aliphatic rings. The Bertz CT molecular complexity index is 2340. The van der Waals surface area contributed by atoms with Crippen LogP contribution in [0.5, 0.6) is 0 Å². The normalized spacial score (nSPS) is 15.2. The van der Waals surface area contributed by atoms with Gasteiger partial charge in [0.1, 0.15) is 28.5 Å². The lowest BCUT2D eigenvalue weighted by atomic mass is 9.66. The van der Waals surface area contributed by atoms with Gasteiger partial charge >= 0.3 is 12.2 Å². The number of carbonyl (C=O) groups is 2. The van der Waals surface area contributed by atoms with Crippen LogP contribution >= 0.6 is 22.9 Å². The summed E-state index contributed by atoms with van der Waals surface area (Å²) in [5.41, 5.74) is -1.25. The van der Waals surface area contributed by atoms with E-state index < -0.39 is 34.2 Å². The molecule has 5 heterocycles. The topological polar surface area (TPSA) is 141 Å². The summed E-state index contributed by atoms with van der Waals surface area (Å²) in [4.78, 5) is 41.7. The van der Waals surface area contributed by atoms with Crippen molar-refractivity contribution in [1.82, 2.24) is 30.4 Å². The Morgan fingerprint density at radius 1 is 0.733 bits per heavy atom. The second-order valence-corrected chi connectivity index (χ2v) is 18.3. The van der Waals surface area contributed by atoms with E-state index in [1.54, 1.807) is 96.4 Å². The fraction of sp³-hybridized carbons (Fsp3) is 0.419. The van der Waals surface area contributed by atoms with E-state index in [9.17, 15) is 18.4 Å². The zero-order chi connectivity index (χ0) is 43.3. The monoisotopic (exact) mass is 857 g/mol. The third-order valence-electron chi connectivity index (χ3n) is 10.1. The molecule has 0 aromatic carbocycles. The van der Waals surface area contributed by atoms with Crippen molar-refractivity contribution in [2.45, 2.75) is 102 Å². The van der Waals surface area contributed by atoms with Gasteiger partial charge in [-0.15, -0.1) is 20.4 Å². The van der Waals surface area contributed by atoms with Gasteiger partial charge in [0, 0.05) is 41.2 Å². The highest BCUT2D eigenvalue weighted by Crippen LogP contribution is 2.46. The van der Waals surface area contributed by atoms with Crippen molar-refractivity contribution in [1.29, 1.82) is 0 Å². The Balaban J connectivity index is 0.000000205. The molecule has 0 spiro atoms. The average molecular weight is 858 g/mol. The van der Waals surface area contributed by atoms with Crippen molar-refractivity contribution in [3.05, 3.63) is 113 Å². The van der Waals surface area contributed by atoms with Crippen LogP contribution in [0.3, 0.4) is 0 Å². The van der Waals surface area contributed by atoms with Gasteiger partial charge in [0.2, 0.25) is 5.00 Å². The number of hydrogen-bond acceptors (Lipinski definition) is 11. The van der Waals surface area contributed by atoms with Gasteiger partial charge < -0.3 is 9.47 Å². The summed E-state index contributed by atoms with van der Waals surface area (Å²) < 4.78 is 40.3. The standard InChI is InChI=1S/C24H24FN5O2S.C19H22ClFN4O2/c1-23(2,3)32-22(31)30(15-24(12-6-13-24)21-16(25)7-5-14-27-21)19-10-8-17(28-29-19)18-9-11-20(26-4)33-18;1-18(2,3)27-17(26)25(15-8-7-14(20)23-24-15)12-19(9-5-10-19)16-13(21)6-4-11-22-16/h5,7-11,14H,6,12-13,15H2,1-3H3;4,6-8,11H,5,9-10,12H2,1-3H3. The van der Waals surface area contributed by atoms with Crippen molar-refractivity contribution in [2.75, 3.05) is 22.9 Å².